The average Bonchev–Trinajstić information content (AvgIpc) is 2.87. The largest absolute Gasteiger partial charge is 0.318 e. The van der Waals surface area contributed by atoms with Crippen LogP contribution in [0.3, 0.4) is 0 Å². The first-order valence-corrected chi connectivity index (χ1v) is 6.95. The number of para-hydroxylation sites is 1. The van der Waals surface area contributed by atoms with Crippen LogP contribution in [-0.4, -0.2) is 17.3 Å². The van der Waals surface area contributed by atoms with Gasteiger partial charge in [-0.3, -0.25) is 4.79 Å². The molecule has 1 aliphatic heterocycles. The molecule has 0 radical (unpaired) electrons. The molecule has 0 fully saturated rings. The van der Waals surface area contributed by atoms with Gasteiger partial charge in [0.2, 0.25) is 0 Å². The lowest BCUT2D eigenvalue weighted by atomic mass is 10.0. The summed E-state index contributed by atoms with van der Waals surface area (Å²) in [5.41, 5.74) is 3.16. The van der Waals surface area contributed by atoms with Gasteiger partial charge in [-0.2, -0.15) is 0 Å². The van der Waals surface area contributed by atoms with Gasteiger partial charge in [0.05, 0.1) is 0 Å². The molecule has 0 saturated carbocycles. The van der Waals surface area contributed by atoms with Crippen molar-refractivity contribution >= 4 is 27.9 Å². The van der Waals surface area contributed by atoms with Crippen molar-refractivity contribution in [2.45, 2.75) is 19.8 Å². The van der Waals surface area contributed by atoms with Gasteiger partial charge < -0.3 is 4.90 Å². The van der Waals surface area contributed by atoms with E-state index in [1.807, 2.05) is 5.38 Å². The van der Waals surface area contributed by atoms with Crippen molar-refractivity contribution in [3.63, 3.8) is 0 Å². The Kier molecular flexibility index (Phi) is 2.88. The lowest BCUT2D eigenvalue weighted by Crippen LogP contribution is -2.24. The monoisotopic (exact) mass is 258 g/mol. The van der Waals surface area contributed by atoms with E-state index in [0.29, 0.717) is 5.69 Å². The number of hydrogen-bond acceptors (Lipinski definition) is 4. The molecular weight excluding hydrogens is 244 g/mol. The summed E-state index contributed by atoms with van der Waals surface area (Å²) in [5.74, 6) is 0.0304. The maximum atomic E-state index is 11.3. The van der Waals surface area contributed by atoms with Gasteiger partial charge in [0.1, 0.15) is 5.69 Å². The van der Waals surface area contributed by atoms with Crippen LogP contribution >= 0.6 is 11.3 Å². The number of fused-ring (bicyclic) bond motifs is 1. The van der Waals surface area contributed by atoms with E-state index >= 15 is 0 Å². The molecule has 0 amide bonds. The summed E-state index contributed by atoms with van der Waals surface area (Å²) in [7, 11) is 0. The number of hydrogen-bond donors (Lipinski definition) is 0. The van der Waals surface area contributed by atoms with Gasteiger partial charge in [-0.15, -0.1) is 11.3 Å². The average molecular weight is 258 g/mol. The minimum atomic E-state index is 0.0304. The van der Waals surface area contributed by atoms with E-state index in [1.165, 1.54) is 11.3 Å². The van der Waals surface area contributed by atoms with Crippen molar-refractivity contribution in [2.24, 2.45) is 0 Å². The fourth-order valence-corrected chi connectivity index (χ4v) is 3.19. The molecule has 2 aromatic rings. The Labute approximate surface area is 110 Å². The van der Waals surface area contributed by atoms with Gasteiger partial charge in [-0.1, -0.05) is 18.2 Å². The summed E-state index contributed by atoms with van der Waals surface area (Å²) in [4.78, 5) is 18.0. The van der Waals surface area contributed by atoms with Crippen LogP contribution in [0, 0.1) is 0 Å². The summed E-state index contributed by atoms with van der Waals surface area (Å²) in [6, 6.07) is 8.42. The number of nitrogens with zero attached hydrogens (tertiary/aromatic N) is 2. The Hall–Kier alpha value is -1.68. The molecule has 0 aliphatic carbocycles. The number of rotatable bonds is 2. The first-order valence-electron chi connectivity index (χ1n) is 6.07. The van der Waals surface area contributed by atoms with E-state index < -0.39 is 0 Å². The number of anilines is 2. The lowest BCUT2D eigenvalue weighted by Gasteiger charge is -2.28. The molecule has 0 bridgehead atoms. The number of aromatic nitrogens is 1. The van der Waals surface area contributed by atoms with E-state index in [2.05, 4.69) is 34.1 Å². The van der Waals surface area contributed by atoms with Crippen LogP contribution in [0.1, 0.15) is 29.4 Å². The zero-order valence-electron chi connectivity index (χ0n) is 10.2. The predicted molar refractivity (Wildman–Crippen MR) is 73.9 cm³/mol. The molecule has 2 heterocycles. The second-order valence-electron chi connectivity index (χ2n) is 4.46. The molecule has 3 rings (SSSR count). The molecule has 1 aromatic heterocycles. The van der Waals surface area contributed by atoms with Gasteiger partial charge >= 0.3 is 0 Å². The second-order valence-corrected chi connectivity index (χ2v) is 5.29. The van der Waals surface area contributed by atoms with Crippen LogP contribution < -0.4 is 4.90 Å². The third kappa shape index (κ3) is 1.93. The Balaban J connectivity index is 2.00. The molecule has 92 valence electrons. The van der Waals surface area contributed by atoms with Crippen LogP contribution in [0.5, 0.6) is 0 Å². The van der Waals surface area contributed by atoms with Crippen LogP contribution in [0.25, 0.3) is 0 Å². The van der Waals surface area contributed by atoms with Crippen molar-refractivity contribution in [2.75, 3.05) is 11.4 Å². The zero-order chi connectivity index (χ0) is 12.5. The molecule has 0 unspecified atom stereocenters. The van der Waals surface area contributed by atoms with E-state index in [-0.39, 0.29) is 5.78 Å². The Morgan fingerprint density at radius 1 is 1.39 bits per heavy atom. The molecule has 1 aliphatic rings. The number of thiazole rings is 1. The SMILES string of the molecule is CC(=O)c1csc(N2CCCc3ccccc32)n1. The van der Waals surface area contributed by atoms with Crippen LogP contribution in [0.2, 0.25) is 0 Å². The number of Topliss-reactive ketones (excluding diaryl/α,β-unsaturated/α-hetero) is 1. The van der Waals surface area contributed by atoms with Gasteiger partial charge in [0.15, 0.2) is 10.9 Å². The van der Waals surface area contributed by atoms with E-state index in [0.717, 1.165) is 24.5 Å². The highest BCUT2D eigenvalue weighted by Gasteiger charge is 2.20. The quantitative estimate of drug-likeness (QED) is 0.774. The molecule has 0 spiro atoms. The first kappa shape index (κ1) is 11.4. The van der Waals surface area contributed by atoms with Gasteiger partial charge in [0.25, 0.3) is 0 Å². The van der Waals surface area contributed by atoms with Crippen molar-refractivity contribution in [1.82, 2.24) is 4.98 Å². The highest BCUT2D eigenvalue weighted by molar-refractivity contribution is 7.14. The number of carbonyl (C=O) groups is 1. The Morgan fingerprint density at radius 3 is 3.00 bits per heavy atom. The molecule has 18 heavy (non-hydrogen) atoms. The molecule has 0 N–H and O–H groups in total. The van der Waals surface area contributed by atoms with E-state index in [1.54, 1.807) is 18.3 Å². The molecule has 4 heteroatoms. The van der Waals surface area contributed by atoms with Crippen molar-refractivity contribution < 1.29 is 4.79 Å². The second kappa shape index (κ2) is 4.53. The molecule has 3 nitrogen and oxygen atoms in total. The topological polar surface area (TPSA) is 33.2 Å². The van der Waals surface area contributed by atoms with E-state index in [9.17, 15) is 4.79 Å². The summed E-state index contributed by atoms with van der Waals surface area (Å²) >= 11 is 1.54. The minimum absolute atomic E-state index is 0.0304. The lowest BCUT2D eigenvalue weighted by molar-refractivity contribution is 0.101. The van der Waals surface area contributed by atoms with Crippen LogP contribution in [0.15, 0.2) is 29.6 Å². The summed E-state index contributed by atoms with van der Waals surface area (Å²) in [6.45, 7) is 2.53. The number of benzene rings is 1. The van der Waals surface area contributed by atoms with Gasteiger partial charge in [-0.05, 0) is 24.5 Å². The van der Waals surface area contributed by atoms with Crippen LogP contribution in [-0.2, 0) is 6.42 Å². The summed E-state index contributed by atoms with van der Waals surface area (Å²) in [5, 5.41) is 2.77. The van der Waals surface area contributed by atoms with Gasteiger partial charge in [0, 0.05) is 24.5 Å². The summed E-state index contributed by atoms with van der Waals surface area (Å²) in [6.07, 6.45) is 2.25. The minimum Gasteiger partial charge on any atom is -0.318 e. The Bertz CT molecular complexity index is 591. The number of ketones is 1. The fourth-order valence-electron chi connectivity index (χ4n) is 2.28. The van der Waals surface area contributed by atoms with E-state index in [4.69, 9.17) is 0 Å². The normalized spacial score (nSPS) is 14.4. The highest BCUT2D eigenvalue weighted by Crippen LogP contribution is 2.34. The van der Waals surface area contributed by atoms with Crippen molar-refractivity contribution in [1.29, 1.82) is 0 Å². The molecule has 1 aromatic carbocycles. The molecular formula is C14H14N2OS. The predicted octanol–water partition coefficient (Wildman–Crippen LogP) is 3.43. The molecule has 0 saturated heterocycles. The standard InChI is InChI=1S/C14H14N2OS/c1-10(17)12-9-18-14(15-12)16-8-4-6-11-5-2-3-7-13(11)16/h2-3,5,7,9H,4,6,8H2,1H3. The fraction of sp³-hybridized carbons (Fsp3) is 0.286. The first-order chi connectivity index (χ1) is 8.75. The Morgan fingerprint density at radius 2 is 2.22 bits per heavy atom. The van der Waals surface area contributed by atoms with Gasteiger partial charge in [-0.25, -0.2) is 4.98 Å². The highest BCUT2D eigenvalue weighted by atomic mass is 32.1. The number of carbonyl (C=O) groups excluding carboxylic acids is 1. The summed E-state index contributed by atoms with van der Waals surface area (Å²) < 4.78 is 0. The maximum Gasteiger partial charge on any atom is 0.190 e. The number of aryl methyl sites for hydroxylation is 1. The van der Waals surface area contributed by atoms with Crippen LogP contribution in [0.4, 0.5) is 10.8 Å². The maximum absolute atomic E-state index is 11.3. The zero-order valence-corrected chi connectivity index (χ0v) is 11.0. The molecule has 0 atom stereocenters. The van der Waals surface area contributed by atoms with Crippen molar-refractivity contribution in [3.05, 3.63) is 40.9 Å². The van der Waals surface area contributed by atoms with Crippen molar-refractivity contribution in [3.8, 4) is 0 Å². The smallest absolute Gasteiger partial charge is 0.190 e. The third-order valence-corrected chi connectivity index (χ3v) is 4.06. The third-order valence-electron chi connectivity index (χ3n) is 3.19.